The number of unbranched alkanes of at least 4 members (excludes halogenated alkanes) is 12. The van der Waals surface area contributed by atoms with Gasteiger partial charge in [-0.15, -0.1) is 0 Å². The molecule has 1 rings (SSSR count). The lowest BCUT2D eigenvalue weighted by Gasteiger charge is -2.12. The van der Waals surface area contributed by atoms with E-state index in [1.165, 1.54) is 70.6 Å². The maximum absolute atomic E-state index is 12.5. The third-order valence-electron chi connectivity index (χ3n) is 5.46. The molecule has 0 amide bonds. The Morgan fingerprint density at radius 2 is 1.15 bits per heavy atom. The van der Waals surface area contributed by atoms with Crippen molar-refractivity contribution in [1.29, 1.82) is 0 Å². The van der Waals surface area contributed by atoms with Crippen molar-refractivity contribution in [1.82, 2.24) is 0 Å². The Morgan fingerprint density at radius 3 is 1.59 bits per heavy atom. The first-order valence-electron chi connectivity index (χ1n) is 11.3. The fourth-order valence-electron chi connectivity index (χ4n) is 3.69. The average molecular weight is 373 g/mol. The number of carbonyl (C=O) groups is 2. The van der Waals surface area contributed by atoms with Crippen LogP contribution in [0, 0.1) is 5.92 Å². The van der Waals surface area contributed by atoms with Gasteiger partial charge in [0, 0.05) is 5.56 Å². The second-order valence-corrected chi connectivity index (χ2v) is 7.92. The van der Waals surface area contributed by atoms with Gasteiger partial charge in [-0.2, -0.15) is 0 Å². The van der Waals surface area contributed by atoms with Crippen LogP contribution in [0.15, 0.2) is 30.3 Å². The van der Waals surface area contributed by atoms with Crippen molar-refractivity contribution in [3.63, 3.8) is 0 Å². The molecule has 0 bridgehead atoms. The van der Waals surface area contributed by atoms with E-state index in [-0.39, 0.29) is 11.6 Å². The van der Waals surface area contributed by atoms with E-state index in [2.05, 4.69) is 6.92 Å². The van der Waals surface area contributed by atoms with Crippen molar-refractivity contribution in [3.05, 3.63) is 35.9 Å². The summed E-state index contributed by atoms with van der Waals surface area (Å²) in [7, 11) is 0. The van der Waals surface area contributed by atoms with Crippen LogP contribution in [0.3, 0.4) is 0 Å². The summed E-state index contributed by atoms with van der Waals surface area (Å²) in [6, 6.07) is 9.22. The molecule has 2 nitrogen and oxygen atoms in total. The molecule has 1 unspecified atom stereocenters. The van der Waals surface area contributed by atoms with Gasteiger partial charge in [0.25, 0.3) is 0 Å². The number of hydrogen-bond acceptors (Lipinski definition) is 2. The van der Waals surface area contributed by atoms with E-state index in [1.807, 2.05) is 30.3 Å². The molecular formula is C25H40O2. The molecule has 1 atom stereocenters. The predicted octanol–water partition coefficient (Wildman–Crippen LogP) is 7.56. The molecule has 1 aromatic rings. The molecule has 0 saturated carbocycles. The summed E-state index contributed by atoms with van der Waals surface area (Å²) in [5.74, 6) is -0.468. The van der Waals surface area contributed by atoms with Crippen molar-refractivity contribution in [2.24, 2.45) is 5.92 Å². The van der Waals surface area contributed by atoms with E-state index in [1.54, 1.807) is 6.92 Å². The maximum atomic E-state index is 12.5. The van der Waals surface area contributed by atoms with Crippen LogP contribution in [-0.4, -0.2) is 11.6 Å². The second-order valence-electron chi connectivity index (χ2n) is 7.92. The van der Waals surface area contributed by atoms with E-state index in [0.29, 0.717) is 12.0 Å². The highest BCUT2D eigenvalue weighted by Gasteiger charge is 2.23. The highest BCUT2D eigenvalue weighted by Crippen LogP contribution is 2.19. The minimum absolute atomic E-state index is 0.00258. The van der Waals surface area contributed by atoms with E-state index >= 15 is 0 Å². The minimum Gasteiger partial charge on any atom is -0.299 e. The van der Waals surface area contributed by atoms with Gasteiger partial charge in [0.05, 0.1) is 5.92 Å². The second kappa shape index (κ2) is 15.6. The van der Waals surface area contributed by atoms with Crippen LogP contribution in [-0.2, 0) is 4.79 Å². The molecule has 0 aliphatic rings. The van der Waals surface area contributed by atoms with Crippen LogP contribution >= 0.6 is 0 Å². The molecule has 2 heteroatoms. The highest BCUT2D eigenvalue weighted by molar-refractivity contribution is 6.09. The van der Waals surface area contributed by atoms with Crippen LogP contribution in [0.5, 0.6) is 0 Å². The molecule has 27 heavy (non-hydrogen) atoms. The number of benzene rings is 1. The SMILES string of the molecule is CCCCCCCCCCCCCCCC(C(C)=O)C(=O)c1ccccc1. The molecule has 0 heterocycles. The Labute approximate surface area is 167 Å². The fraction of sp³-hybridized carbons (Fsp3) is 0.680. The lowest BCUT2D eigenvalue weighted by atomic mass is 9.89. The maximum Gasteiger partial charge on any atom is 0.173 e. The average Bonchev–Trinajstić information content (AvgIpc) is 2.68. The first-order chi connectivity index (χ1) is 13.2. The summed E-state index contributed by atoms with van der Waals surface area (Å²) in [5, 5.41) is 0. The molecular weight excluding hydrogens is 332 g/mol. The Balaban J connectivity index is 2.05. The summed E-state index contributed by atoms with van der Waals surface area (Å²) < 4.78 is 0. The van der Waals surface area contributed by atoms with Crippen molar-refractivity contribution < 1.29 is 9.59 Å². The monoisotopic (exact) mass is 372 g/mol. The summed E-state index contributed by atoms with van der Waals surface area (Å²) in [5.41, 5.74) is 0.660. The number of rotatable bonds is 17. The van der Waals surface area contributed by atoms with Crippen molar-refractivity contribution in [2.75, 3.05) is 0 Å². The zero-order valence-electron chi connectivity index (χ0n) is 17.7. The molecule has 0 fully saturated rings. The lowest BCUT2D eigenvalue weighted by Crippen LogP contribution is -2.22. The quantitative estimate of drug-likeness (QED) is 0.161. The highest BCUT2D eigenvalue weighted by atomic mass is 16.1. The van der Waals surface area contributed by atoms with Crippen LogP contribution in [0.25, 0.3) is 0 Å². The summed E-state index contributed by atoms with van der Waals surface area (Å²) >= 11 is 0. The molecule has 0 aliphatic carbocycles. The van der Waals surface area contributed by atoms with Crippen molar-refractivity contribution in [3.8, 4) is 0 Å². The minimum atomic E-state index is -0.458. The normalized spacial score (nSPS) is 12.1. The molecule has 0 N–H and O–H groups in total. The van der Waals surface area contributed by atoms with Gasteiger partial charge in [-0.25, -0.2) is 0 Å². The van der Waals surface area contributed by atoms with Crippen LogP contribution < -0.4 is 0 Å². The standard InChI is InChI=1S/C25H40O2/c1-3-4-5-6-7-8-9-10-11-12-13-14-18-21-24(22(2)26)25(27)23-19-16-15-17-20-23/h15-17,19-20,24H,3-14,18,21H2,1-2H3. The van der Waals surface area contributed by atoms with Crippen LogP contribution in [0.1, 0.15) is 114 Å². The molecule has 1 aromatic carbocycles. The molecule has 0 aromatic heterocycles. The first kappa shape index (κ1) is 23.6. The van der Waals surface area contributed by atoms with Gasteiger partial charge in [-0.05, 0) is 13.3 Å². The van der Waals surface area contributed by atoms with Gasteiger partial charge < -0.3 is 0 Å². The molecule has 0 saturated heterocycles. The summed E-state index contributed by atoms with van der Waals surface area (Å²) in [6.07, 6.45) is 17.7. The lowest BCUT2D eigenvalue weighted by molar-refractivity contribution is -0.119. The smallest absolute Gasteiger partial charge is 0.173 e. The Hall–Kier alpha value is -1.44. The first-order valence-corrected chi connectivity index (χ1v) is 11.3. The van der Waals surface area contributed by atoms with Gasteiger partial charge in [0.1, 0.15) is 5.78 Å². The summed E-state index contributed by atoms with van der Waals surface area (Å²) in [6.45, 7) is 3.81. The molecule has 0 spiro atoms. The summed E-state index contributed by atoms with van der Waals surface area (Å²) in [4.78, 5) is 24.4. The zero-order valence-corrected chi connectivity index (χ0v) is 17.7. The Kier molecular flexibility index (Phi) is 13.6. The third-order valence-corrected chi connectivity index (χ3v) is 5.46. The topological polar surface area (TPSA) is 34.1 Å². The van der Waals surface area contributed by atoms with E-state index in [0.717, 1.165) is 12.8 Å². The van der Waals surface area contributed by atoms with Gasteiger partial charge in [0.2, 0.25) is 0 Å². The predicted molar refractivity (Wildman–Crippen MR) is 115 cm³/mol. The van der Waals surface area contributed by atoms with Gasteiger partial charge >= 0.3 is 0 Å². The van der Waals surface area contributed by atoms with Crippen LogP contribution in [0.2, 0.25) is 0 Å². The zero-order chi connectivity index (χ0) is 19.7. The van der Waals surface area contributed by atoms with E-state index in [9.17, 15) is 9.59 Å². The molecule has 152 valence electrons. The number of carbonyl (C=O) groups excluding carboxylic acids is 2. The third kappa shape index (κ3) is 11.1. The number of Topliss-reactive ketones (excluding diaryl/α,β-unsaturated/α-hetero) is 2. The van der Waals surface area contributed by atoms with Crippen LogP contribution in [0.4, 0.5) is 0 Å². The van der Waals surface area contributed by atoms with Crippen molar-refractivity contribution >= 4 is 11.6 Å². The van der Waals surface area contributed by atoms with Gasteiger partial charge in [-0.3, -0.25) is 9.59 Å². The number of ketones is 2. The van der Waals surface area contributed by atoms with Gasteiger partial charge in [0.15, 0.2) is 5.78 Å². The Morgan fingerprint density at radius 1 is 0.704 bits per heavy atom. The van der Waals surface area contributed by atoms with E-state index in [4.69, 9.17) is 0 Å². The number of hydrogen-bond donors (Lipinski definition) is 0. The van der Waals surface area contributed by atoms with E-state index < -0.39 is 5.92 Å². The molecule has 0 aliphatic heterocycles. The fourth-order valence-corrected chi connectivity index (χ4v) is 3.69. The largest absolute Gasteiger partial charge is 0.299 e. The van der Waals surface area contributed by atoms with Crippen molar-refractivity contribution in [2.45, 2.75) is 104 Å². The Bertz CT molecular complexity index is 506. The molecule has 0 radical (unpaired) electrons. The van der Waals surface area contributed by atoms with Gasteiger partial charge in [-0.1, -0.05) is 121 Å².